The number of aromatic hydroxyl groups is 1. The Kier molecular flexibility index (Phi) is 7.43. The van der Waals surface area contributed by atoms with E-state index in [9.17, 15) is 18.3 Å². The highest BCUT2D eigenvalue weighted by Crippen LogP contribution is 2.39. The first kappa shape index (κ1) is 25.4. The van der Waals surface area contributed by atoms with E-state index in [0.717, 1.165) is 31.2 Å². The van der Waals surface area contributed by atoms with Crippen LogP contribution in [0.1, 0.15) is 48.8 Å². The van der Waals surface area contributed by atoms with Crippen molar-refractivity contribution in [1.82, 2.24) is 19.5 Å². The molecule has 0 aliphatic heterocycles. The van der Waals surface area contributed by atoms with Crippen LogP contribution >= 0.6 is 0 Å². The number of hydrogen-bond acceptors (Lipinski definition) is 9. The Hall–Kier alpha value is -3.67. The lowest BCUT2D eigenvalue weighted by Crippen LogP contribution is -2.31. The molecule has 2 aromatic heterocycles. The zero-order valence-electron chi connectivity index (χ0n) is 20.4. The Morgan fingerprint density at radius 1 is 1.11 bits per heavy atom. The summed E-state index contributed by atoms with van der Waals surface area (Å²) >= 11 is 0. The predicted octanol–water partition coefficient (Wildman–Crippen LogP) is 2.70. The van der Waals surface area contributed by atoms with Gasteiger partial charge in [-0.15, -0.1) is 0 Å². The number of benzene rings is 1. The Morgan fingerprint density at radius 3 is 2.31 bits per heavy atom. The van der Waals surface area contributed by atoms with Crippen molar-refractivity contribution in [2.75, 3.05) is 24.7 Å². The summed E-state index contributed by atoms with van der Waals surface area (Å²) in [5, 5.41) is 10.7. The molecule has 1 aliphatic carbocycles. The number of anilines is 1. The molecule has 11 nitrogen and oxygen atoms in total. The van der Waals surface area contributed by atoms with Crippen LogP contribution in [0.15, 0.2) is 35.4 Å². The Balaban J connectivity index is 1.79. The highest BCUT2D eigenvalue weighted by atomic mass is 32.2. The Morgan fingerprint density at radius 2 is 1.72 bits per heavy atom. The summed E-state index contributed by atoms with van der Waals surface area (Å²) in [5.41, 5.74) is -0.183. The van der Waals surface area contributed by atoms with Gasteiger partial charge in [-0.1, -0.05) is 18.9 Å². The molecule has 0 radical (unpaired) electrons. The van der Waals surface area contributed by atoms with Gasteiger partial charge < -0.3 is 14.6 Å². The normalized spacial score (nSPS) is 14.1. The van der Waals surface area contributed by atoms with Crippen LogP contribution in [0.4, 0.5) is 5.69 Å². The first-order chi connectivity index (χ1) is 17.2. The molecule has 4 rings (SSSR count). The SMILES string of the molecule is COc1cccc(OC)c1-n1c(C2CCCC2)nc(O)c(NS(=O)(=O)CCc2ncc(C)cn2)c1=O. The molecule has 0 saturated heterocycles. The largest absolute Gasteiger partial charge is 0.494 e. The van der Waals surface area contributed by atoms with Crippen LogP contribution in [0.2, 0.25) is 0 Å². The quantitative estimate of drug-likeness (QED) is 0.439. The van der Waals surface area contributed by atoms with E-state index in [1.807, 2.05) is 6.92 Å². The van der Waals surface area contributed by atoms with Crippen LogP contribution in [0.25, 0.3) is 5.69 Å². The second-order valence-electron chi connectivity index (χ2n) is 8.65. The minimum Gasteiger partial charge on any atom is -0.494 e. The van der Waals surface area contributed by atoms with Crippen LogP contribution in [-0.2, 0) is 16.4 Å². The number of hydrogen-bond donors (Lipinski definition) is 2. The van der Waals surface area contributed by atoms with E-state index >= 15 is 0 Å². The summed E-state index contributed by atoms with van der Waals surface area (Å²) < 4.78 is 40.3. The van der Waals surface area contributed by atoms with Crippen molar-refractivity contribution in [1.29, 1.82) is 0 Å². The van der Waals surface area contributed by atoms with E-state index in [-0.39, 0.29) is 18.0 Å². The van der Waals surface area contributed by atoms with Gasteiger partial charge in [0.2, 0.25) is 15.9 Å². The number of aromatic nitrogens is 4. The van der Waals surface area contributed by atoms with Gasteiger partial charge in [0.1, 0.15) is 28.8 Å². The zero-order valence-corrected chi connectivity index (χ0v) is 21.2. The third kappa shape index (κ3) is 5.27. The lowest BCUT2D eigenvalue weighted by atomic mass is 10.1. The molecule has 2 heterocycles. The van der Waals surface area contributed by atoms with Crippen molar-refractivity contribution in [2.24, 2.45) is 0 Å². The number of methoxy groups -OCH3 is 2. The van der Waals surface area contributed by atoms with E-state index in [1.54, 1.807) is 30.6 Å². The fourth-order valence-corrected chi connectivity index (χ4v) is 5.36. The van der Waals surface area contributed by atoms with Gasteiger partial charge in [0.05, 0.1) is 20.0 Å². The first-order valence-corrected chi connectivity index (χ1v) is 13.2. The molecule has 1 aliphatic rings. The van der Waals surface area contributed by atoms with Gasteiger partial charge in [-0.05, 0) is 37.5 Å². The van der Waals surface area contributed by atoms with Crippen molar-refractivity contribution < 1.29 is 23.0 Å². The third-order valence-electron chi connectivity index (χ3n) is 6.12. The van der Waals surface area contributed by atoms with Crippen molar-refractivity contribution >= 4 is 15.7 Å². The molecular weight excluding hydrogens is 486 g/mol. The van der Waals surface area contributed by atoms with Gasteiger partial charge in [0.15, 0.2) is 5.69 Å². The van der Waals surface area contributed by atoms with Crippen LogP contribution < -0.4 is 19.8 Å². The molecule has 192 valence electrons. The molecule has 0 spiro atoms. The summed E-state index contributed by atoms with van der Waals surface area (Å²) in [5.74, 6) is 0.193. The molecule has 2 N–H and O–H groups in total. The molecular formula is C24H29N5O6S. The fourth-order valence-electron chi connectivity index (χ4n) is 4.32. The third-order valence-corrected chi connectivity index (χ3v) is 7.38. The molecule has 0 atom stereocenters. The predicted molar refractivity (Wildman–Crippen MR) is 134 cm³/mol. The van der Waals surface area contributed by atoms with Crippen LogP contribution in [0.3, 0.4) is 0 Å². The van der Waals surface area contributed by atoms with E-state index < -0.39 is 32.9 Å². The molecule has 0 amide bonds. The minimum atomic E-state index is -4.06. The summed E-state index contributed by atoms with van der Waals surface area (Å²) in [6.07, 6.45) is 6.70. The van der Waals surface area contributed by atoms with E-state index in [0.29, 0.717) is 23.1 Å². The number of sulfonamides is 1. The molecule has 3 aromatic rings. The number of ether oxygens (including phenoxy) is 2. The van der Waals surface area contributed by atoms with E-state index in [1.165, 1.54) is 18.8 Å². The van der Waals surface area contributed by atoms with Crippen LogP contribution in [0, 0.1) is 6.92 Å². The average molecular weight is 516 g/mol. The van der Waals surface area contributed by atoms with Gasteiger partial charge >= 0.3 is 0 Å². The molecule has 1 aromatic carbocycles. The average Bonchev–Trinajstić information content (AvgIpc) is 3.40. The Bertz CT molecular complexity index is 1380. The van der Waals surface area contributed by atoms with E-state index in [4.69, 9.17) is 9.47 Å². The monoisotopic (exact) mass is 515 g/mol. The van der Waals surface area contributed by atoms with Gasteiger partial charge in [0, 0.05) is 24.7 Å². The van der Waals surface area contributed by atoms with Crippen molar-refractivity contribution in [2.45, 2.75) is 44.9 Å². The highest BCUT2D eigenvalue weighted by Gasteiger charge is 2.30. The van der Waals surface area contributed by atoms with Gasteiger partial charge in [0.25, 0.3) is 5.56 Å². The lowest BCUT2D eigenvalue weighted by molar-refractivity contribution is 0.387. The number of nitrogens with zero attached hydrogens (tertiary/aromatic N) is 4. The molecule has 1 fully saturated rings. The maximum Gasteiger partial charge on any atom is 0.286 e. The second kappa shape index (κ2) is 10.5. The summed E-state index contributed by atoms with van der Waals surface area (Å²) in [4.78, 5) is 26.3. The Labute approximate surface area is 209 Å². The molecule has 0 unspecified atom stereocenters. The zero-order chi connectivity index (χ0) is 25.9. The van der Waals surface area contributed by atoms with Crippen LogP contribution in [-0.4, -0.2) is 53.0 Å². The highest BCUT2D eigenvalue weighted by molar-refractivity contribution is 7.92. The molecule has 36 heavy (non-hydrogen) atoms. The minimum absolute atomic E-state index is 0.0263. The molecule has 0 bridgehead atoms. The fraction of sp³-hybridized carbons (Fsp3) is 0.417. The first-order valence-electron chi connectivity index (χ1n) is 11.6. The maximum absolute atomic E-state index is 13.8. The van der Waals surface area contributed by atoms with Gasteiger partial charge in [-0.3, -0.25) is 14.1 Å². The van der Waals surface area contributed by atoms with Crippen molar-refractivity contribution in [3.05, 3.63) is 58.2 Å². The summed E-state index contributed by atoms with van der Waals surface area (Å²) in [6, 6.07) is 5.05. The topological polar surface area (TPSA) is 146 Å². The number of aryl methyl sites for hydroxylation is 2. The number of rotatable bonds is 9. The number of nitrogens with one attached hydrogen (secondary N) is 1. The van der Waals surface area contributed by atoms with E-state index in [2.05, 4.69) is 19.7 Å². The second-order valence-corrected chi connectivity index (χ2v) is 10.5. The standard InChI is InChI=1S/C24H29N5O6S/c1-15-13-25-19(26-14-15)11-12-36(32,33)28-20-23(30)27-22(16-7-4-5-8-16)29(24(20)31)21-17(34-2)9-6-10-18(21)35-3/h6,9-10,13-14,16,28,30H,4-5,7-8,11-12H2,1-3H3. The lowest BCUT2D eigenvalue weighted by Gasteiger charge is -2.22. The van der Waals surface area contributed by atoms with Gasteiger partial charge in [-0.25, -0.2) is 18.4 Å². The van der Waals surface area contributed by atoms with Crippen LogP contribution in [0.5, 0.6) is 17.4 Å². The smallest absolute Gasteiger partial charge is 0.286 e. The van der Waals surface area contributed by atoms with Gasteiger partial charge in [-0.2, -0.15) is 4.98 Å². The number of para-hydroxylation sites is 1. The van der Waals surface area contributed by atoms with Crippen molar-refractivity contribution in [3.63, 3.8) is 0 Å². The molecule has 12 heteroatoms. The maximum atomic E-state index is 13.8. The molecule has 1 saturated carbocycles. The summed E-state index contributed by atoms with van der Waals surface area (Å²) in [7, 11) is -1.13. The summed E-state index contributed by atoms with van der Waals surface area (Å²) in [6.45, 7) is 1.83. The van der Waals surface area contributed by atoms with Crippen molar-refractivity contribution in [3.8, 4) is 23.1 Å².